The minimum absolute atomic E-state index is 0.0209. The van der Waals surface area contributed by atoms with Crippen LogP contribution in [0.2, 0.25) is 0 Å². The van der Waals surface area contributed by atoms with Gasteiger partial charge in [-0.2, -0.15) is 10.4 Å². The van der Waals surface area contributed by atoms with Gasteiger partial charge in [0, 0.05) is 4.88 Å². The molecule has 1 amide bonds. The van der Waals surface area contributed by atoms with Crippen LogP contribution in [-0.4, -0.2) is 18.7 Å². The summed E-state index contributed by atoms with van der Waals surface area (Å²) in [4.78, 5) is 14.3. The largest absolute Gasteiger partial charge is 0.479 e. The van der Waals surface area contributed by atoms with Crippen LogP contribution >= 0.6 is 11.3 Å². The SMILES string of the molecule is C[C@H]1CCc2sc(C(=O)N/N=C\c3ccc(OCC#N)cc3)cc2C1. The number of benzene rings is 1. The normalized spacial score (nSPS) is 16.2. The fourth-order valence-corrected chi connectivity index (χ4v) is 3.90. The third-order valence-electron chi connectivity index (χ3n) is 4.12. The molecule has 0 fully saturated rings. The van der Waals surface area contributed by atoms with E-state index in [2.05, 4.69) is 17.5 Å². The van der Waals surface area contributed by atoms with E-state index in [0.717, 1.165) is 23.3 Å². The zero-order valence-corrected chi connectivity index (χ0v) is 14.8. The van der Waals surface area contributed by atoms with Gasteiger partial charge in [0.25, 0.3) is 5.91 Å². The van der Waals surface area contributed by atoms with Gasteiger partial charge in [-0.3, -0.25) is 4.79 Å². The van der Waals surface area contributed by atoms with Gasteiger partial charge in [0.2, 0.25) is 0 Å². The van der Waals surface area contributed by atoms with Gasteiger partial charge in [0.05, 0.1) is 11.1 Å². The molecule has 1 aliphatic rings. The standard InChI is InChI=1S/C19H19N3O2S/c1-13-2-7-17-15(10-13)11-18(25-17)19(23)22-21-12-14-3-5-16(6-4-14)24-9-8-20/h3-6,11-13H,2,7,9-10H2,1H3,(H,22,23)/b21-12-/t13-/m0/s1. The Morgan fingerprint density at radius 3 is 3.04 bits per heavy atom. The molecule has 1 N–H and O–H groups in total. The van der Waals surface area contributed by atoms with Crippen molar-refractivity contribution in [1.82, 2.24) is 5.43 Å². The van der Waals surface area contributed by atoms with Crippen LogP contribution in [0.5, 0.6) is 5.75 Å². The molecular weight excluding hydrogens is 334 g/mol. The number of ether oxygens (including phenoxy) is 1. The number of nitriles is 1. The number of hydrogen-bond donors (Lipinski definition) is 1. The number of carbonyl (C=O) groups is 1. The number of thiophene rings is 1. The fraction of sp³-hybridized carbons (Fsp3) is 0.316. The number of amides is 1. The first-order valence-electron chi connectivity index (χ1n) is 8.20. The van der Waals surface area contributed by atoms with Gasteiger partial charge >= 0.3 is 0 Å². The minimum atomic E-state index is -0.169. The summed E-state index contributed by atoms with van der Waals surface area (Å²) in [5.41, 5.74) is 4.73. The first kappa shape index (κ1) is 17.2. The summed E-state index contributed by atoms with van der Waals surface area (Å²) in [6.07, 6.45) is 4.91. The number of aryl methyl sites for hydroxylation is 1. The van der Waals surface area contributed by atoms with Crippen LogP contribution in [-0.2, 0) is 12.8 Å². The molecule has 2 aromatic rings. The third kappa shape index (κ3) is 4.46. The van der Waals surface area contributed by atoms with E-state index in [0.29, 0.717) is 11.7 Å². The lowest BCUT2D eigenvalue weighted by molar-refractivity contribution is 0.0959. The molecule has 1 atom stereocenters. The van der Waals surface area contributed by atoms with Crippen molar-refractivity contribution in [2.24, 2.45) is 11.0 Å². The first-order chi connectivity index (χ1) is 12.2. The van der Waals surface area contributed by atoms with E-state index in [4.69, 9.17) is 10.00 Å². The zero-order chi connectivity index (χ0) is 17.6. The average molecular weight is 353 g/mol. The molecule has 0 radical (unpaired) electrons. The average Bonchev–Trinajstić information content (AvgIpc) is 3.04. The van der Waals surface area contributed by atoms with Crippen LogP contribution in [0.1, 0.15) is 39.0 Å². The highest BCUT2D eigenvalue weighted by Gasteiger charge is 2.20. The van der Waals surface area contributed by atoms with E-state index in [-0.39, 0.29) is 12.5 Å². The lowest BCUT2D eigenvalue weighted by Gasteiger charge is -2.16. The molecule has 1 aromatic carbocycles. The van der Waals surface area contributed by atoms with Crippen LogP contribution in [0, 0.1) is 17.2 Å². The van der Waals surface area contributed by atoms with Crippen molar-refractivity contribution in [1.29, 1.82) is 5.26 Å². The number of hydrogen-bond acceptors (Lipinski definition) is 5. The summed E-state index contributed by atoms with van der Waals surface area (Å²) in [6, 6.07) is 11.1. The van der Waals surface area contributed by atoms with Gasteiger partial charge in [-0.25, -0.2) is 5.43 Å². The maximum absolute atomic E-state index is 12.2. The molecule has 128 valence electrons. The molecule has 1 heterocycles. The molecule has 6 heteroatoms. The summed E-state index contributed by atoms with van der Waals surface area (Å²) in [7, 11) is 0. The van der Waals surface area contributed by atoms with Crippen molar-refractivity contribution in [3.05, 3.63) is 51.2 Å². The van der Waals surface area contributed by atoms with E-state index in [1.165, 1.54) is 16.9 Å². The summed E-state index contributed by atoms with van der Waals surface area (Å²) in [6.45, 7) is 2.27. The molecule has 25 heavy (non-hydrogen) atoms. The molecule has 1 aromatic heterocycles. The number of fused-ring (bicyclic) bond motifs is 1. The van der Waals surface area contributed by atoms with E-state index >= 15 is 0 Å². The van der Waals surface area contributed by atoms with Gasteiger partial charge in [-0.15, -0.1) is 11.3 Å². The Balaban J connectivity index is 1.57. The predicted molar refractivity (Wildman–Crippen MR) is 98.1 cm³/mol. The Bertz CT molecular complexity index is 818. The maximum atomic E-state index is 12.2. The smallest absolute Gasteiger partial charge is 0.281 e. The van der Waals surface area contributed by atoms with E-state index in [9.17, 15) is 4.79 Å². The summed E-state index contributed by atoms with van der Waals surface area (Å²) < 4.78 is 5.18. The quantitative estimate of drug-likeness (QED) is 0.660. The summed E-state index contributed by atoms with van der Waals surface area (Å²) >= 11 is 1.57. The van der Waals surface area contributed by atoms with E-state index < -0.39 is 0 Å². The Kier molecular flexibility index (Phi) is 5.46. The van der Waals surface area contributed by atoms with Crippen molar-refractivity contribution in [3.8, 4) is 11.8 Å². The molecule has 0 aliphatic heterocycles. The molecule has 0 saturated carbocycles. The molecule has 0 unspecified atom stereocenters. The zero-order valence-electron chi connectivity index (χ0n) is 14.0. The lowest BCUT2D eigenvalue weighted by Crippen LogP contribution is -2.16. The number of nitrogens with zero attached hydrogens (tertiary/aromatic N) is 2. The second kappa shape index (κ2) is 7.95. The molecular formula is C19H19N3O2S. The molecule has 0 saturated heterocycles. The number of rotatable bonds is 5. The van der Waals surface area contributed by atoms with Crippen molar-refractivity contribution in [2.45, 2.75) is 26.2 Å². The second-order valence-corrected chi connectivity index (χ2v) is 7.26. The Hall–Kier alpha value is -2.65. The maximum Gasteiger partial charge on any atom is 0.281 e. The van der Waals surface area contributed by atoms with Gasteiger partial charge in [0.1, 0.15) is 11.8 Å². The van der Waals surface area contributed by atoms with E-state index in [1.807, 2.05) is 24.3 Å². The minimum Gasteiger partial charge on any atom is -0.479 e. The van der Waals surface area contributed by atoms with Crippen LogP contribution in [0.15, 0.2) is 35.4 Å². The van der Waals surface area contributed by atoms with Crippen LogP contribution in [0.4, 0.5) is 0 Å². The first-order valence-corrected chi connectivity index (χ1v) is 9.02. The predicted octanol–water partition coefficient (Wildman–Crippen LogP) is 3.54. The summed E-state index contributed by atoms with van der Waals surface area (Å²) in [5, 5.41) is 12.5. The molecule has 3 rings (SSSR count). The number of hydrazone groups is 1. The molecule has 5 nitrogen and oxygen atoms in total. The molecule has 1 aliphatic carbocycles. The topological polar surface area (TPSA) is 74.5 Å². The fourth-order valence-electron chi connectivity index (χ4n) is 2.80. The van der Waals surface area contributed by atoms with Crippen molar-refractivity contribution in [3.63, 3.8) is 0 Å². The highest BCUT2D eigenvalue weighted by atomic mass is 32.1. The lowest BCUT2D eigenvalue weighted by atomic mass is 9.90. The van der Waals surface area contributed by atoms with Gasteiger partial charge < -0.3 is 4.74 Å². The number of carbonyl (C=O) groups excluding carboxylic acids is 1. The highest BCUT2D eigenvalue weighted by Crippen LogP contribution is 2.32. The van der Waals surface area contributed by atoms with Crippen molar-refractivity contribution in [2.75, 3.05) is 6.61 Å². The Morgan fingerprint density at radius 2 is 2.28 bits per heavy atom. The van der Waals surface area contributed by atoms with Crippen molar-refractivity contribution >= 4 is 23.5 Å². The Labute approximate surface area is 150 Å². The van der Waals surface area contributed by atoms with Crippen molar-refractivity contribution < 1.29 is 9.53 Å². The van der Waals surface area contributed by atoms with Crippen LogP contribution in [0.3, 0.4) is 0 Å². The monoisotopic (exact) mass is 353 g/mol. The summed E-state index contributed by atoms with van der Waals surface area (Å²) in [5.74, 6) is 1.15. The van der Waals surface area contributed by atoms with Gasteiger partial charge in [0.15, 0.2) is 6.61 Å². The van der Waals surface area contributed by atoms with Crippen LogP contribution in [0.25, 0.3) is 0 Å². The third-order valence-corrected chi connectivity index (χ3v) is 5.35. The number of nitrogens with one attached hydrogen (secondary N) is 1. The van der Waals surface area contributed by atoms with Crippen LogP contribution < -0.4 is 10.2 Å². The second-order valence-electron chi connectivity index (χ2n) is 6.12. The van der Waals surface area contributed by atoms with Gasteiger partial charge in [-0.05, 0) is 66.6 Å². The molecule has 0 bridgehead atoms. The van der Waals surface area contributed by atoms with Gasteiger partial charge in [-0.1, -0.05) is 6.92 Å². The molecule has 0 spiro atoms. The van der Waals surface area contributed by atoms with E-state index in [1.54, 1.807) is 29.7 Å². The highest BCUT2D eigenvalue weighted by molar-refractivity contribution is 7.14. The Morgan fingerprint density at radius 1 is 1.48 bits per heavy atom.